The molecule has 5 nitrogen and oxygen atoms in total. The van der Waals surface area contributed by atoms with Gasteiger partial charge in [0.1, 0.15) is 11.5 Å². The van der Waals surface area contributed by atoms with Crippen LogP contribution in [0.1, 0.15) is 5.69 Å². The van der Waals surface area contributed by atoms with Gasteiger partial charge in [-0.15, -0.1) is 5.10 Å². The van der Waals surface area contributed by atoms with E-state index >= 15 is 0 Å². The molecular weight excluding hydrogens is 267 g/mol. The Labute approximate surface area is 111 Å². The van der Waals surface area contributed by atoms with Crippen molar-refractivity contribution in [2.75, 3.05) is 0 Å². The molecule has 0 unspecified atom stereocenters. The molecule has 0 amide bonds. The molecule has 1 aromatic carbocycles. The predicted molar refractivity (Wildman–Crippen MR) is 69.0 cm³/mol. The summed E-state index contributed by atoms with van der Waals surface area (Å²) in [6, 6.07) is 7.46. The van der Waals surface area contributed by atoms with Gasteiger partial charge in [0.25, 0.3) is 5.56 Å². The SMILES string of the molecule is O=c1ccsn1Cc1cn(-c2ccc(F)cc2)nn1. The predicted octanol–water partition coefficient (Wildman–Crippen LogP) is 1.68. The number of benzene rings is 1. The van der Waals surface area contributed by atoms with E-state index in [1.807, 2.05) is 0 Å². The molecule has 0 aliphatic heterocycles. The molecular formula is C12H9FN4OS. The molecule has 2 heterocycles. The van der Waals surface area contributed by atoms with E-state index in [0.29, 0.717) is 12.2 Å². The lowest BCUT2D eigenvalue weighted by atomic mass is 10.3. The number of halogens is 1. The maximum Gasteiger partial charge on any atom is 0.260 e. The van der Waals surface area contributed by atoms with E-state index < -0.39 is 0 Å². The van der Waals surface area contributed by atoms with Gasteiger partial charge in [0, 0.05) is 11.4 Å². The summed E-state index contributed by atoms with van der Waals surface area (Å²) in [5.41, 5.74) is 1.34. The Bertz CT molecular complexity index is 743. The lowest BCUT2D eigenvalue weighted by Crippen LogP contribution is -2.12. The zero-order valence-corrected chi connectivity index (χ0v) is 10.5. The van der Waals surface area contributed by atoms with Crippen LogP contribution in [0.4, 0.5) is 4.39 Å². The van der Waals surface area contributed by atoms with Crippen LogP contribution in [0, 0.1) is 5.82 Å². The number of hydrogen-bond acceptors (Lipinski definition) is 4. The maximum atomic E-state index is 12.8. The summed E-state index contributed by atoms with van der Waals surface area (Å²) in [6.07, 6.45) is 1.72. The molecule has 0 saturated heterocycles. The molecule has 0 spiro atoms. The van der Waals surface area contributed by atoms with Crippen molar-refractivity contribution < 1.29 is 4.39 Å². The fourth-order valence-corrected chi connectivity index (χ4v) is 2.35. The second kappa shape index (κ2) is 4.77. The highest BCUT2D eigenvalue weighted by molar-refractivity contribution is 7.04. The quantitative estimate of drug-likeness (QED) is 0.731. The molecule has 19 heavy (non-hydrogen) atoms. The van der Waals surface area contributed by atoms with Crippen LogP contribution in [0.5, 0.6) is 0 Å². The van der Waals surface area contributed by atoms with Gasteiger partial charge in [-0.2, -0.15) is 0 Å². The molecule has 0 aliphatic carbocycles. The first-order chi connectivity index (χ1) is 9.22. The Hall–Kier alpha value is -2.28. The Morgan fingerprint density at radius 2 is 2.00 bits per heavy atom. The fourth-order valence-electron chi connectivity index (χ4n) is 1.65. The summed E-state index contributed by atoms with van der Waals surface area (Å²) in [6.45, 7) is 0.387. The first-order valence-electron chi connectivity index (χ1n) is 5.54. The van der Waals surface area contributed by atoms with E-state index in [9.17, 15) is 9.18 Å². The van der Waals surface area contributed by atoms with Gasteiger partial charge in [0.05, 0.1) is 18.4 Å². The summed E-state index contributed by atoms with van der Waals surface area (Å²) in [5.74, 6) is -0.297. The highest BCUT2D eigenvalue weighted by Gasteiger charge is 2.05. The summed E-state index contributed by atoms with van der Waals surface area (Å²) in [4.78, 5) is 11.4. The first-order valence-corrected chi connectivity index (χ1v) is 6.38. The number of aromatic nitrogens is 4. The van der Waals surface area contributed by atoms with Gasteiger partial charge in [0.15, 0.2) is 0 Å². The molecule has 0 N–H and O–H groups in total. The Morgan fingerprint density at radius 1 is 1.21 bits per heavy atom. The van der Waals surface area contributed by atoms with Crippen LogP contribution in [0.25, 0.3) is 5.69 Å². The topological polar surface area (TPSA) is 52.7 Å². The van der Waals surface area contributed by atoms with Gasteiger partial charge < -0.3 is 0 Å². The Balaban J connectivity index is 1.85. The standard InChI is InChI=1S/C12H9FN4OS/c13-9-1-3-11(4-2-9)16-7-10(14-15-16)8-17-12(18)5-6-19-17/h1-7H,8H2. The molecule has 0 atom stereocenters. The van der Waals surface area contributed by atoms with E-state index in [0.717, 1.165) is 5.69 Å². The second-order valence-corrected chi connectivity index (χ2v) is 4.84. The summed E-state index contributed by atoms with van der Waals surface area (Å²) in [7, 11) is 0. The minimum absolute atomic E-state index is 0.0543. The second-order valence-electron chi connectivity index (χ2n) is 3.91. The van der Waals surface area contributed by atoms with Crippen LogP contribution in [0.15, 0.2) is 46.7 Å². The molecule has 3 aromatic rings. The summed E-state index contributed by atoms with van der Waals surface area (Å²) in [5, 5.41) is 9.69. The third-order valence-corrected chi connectivity index (χ3v) is 3.40. The lowest BCUT2D eigenvalue weighted by Gasteiger charge is -1.98. The largest absolute Gasteiger partial charge is 0.268 e. The van der Waals surface area contributed by atoms with E-state index in [1.54, 1.807) is 32.3 Å². The first kappa shape index (κ1) is 11.8. The molecule has 3 rings (SSSR count). The molecule has 0 saturated carbocycles. The molecule has 0 fully saturated rings. The zero-order valence-electron chi connectivity index (χ0n) is 9.73. The van der Waals surface area contributed by atoms with Gasteiger partial charge >= 0.3 is 0 Å². The van der Waals surface area contributed by atoms with Crippen molar-refractivity contribution in [3.8, 4) is 5.69 Å². The Morgan fingerprint density at radius 3 is 2.68 bits per heavy atom. The highest BCUT2D eigenvalue weighted by Crippen LogP contribution is 2.09. The number of hydrogen-bond donors (Lipinski definition) is 0. The van der Waals surface area contributed by atoms with Crippen molar-refractivity contribution in [3.05, 3.63) is 63.8 Å². The third kappa shape index (κ3) is 2.45. The van der Waals surface area contributed by atoms with Gasteiger partial charge in [-0.1, -0.05) is 16.7 Å². The molecule has 0 aliphatic rings. The van der Waals surface area contributed by atoms with Crippen LogP contribution in [-0.2, 0) is 6.54 Å². The van der Waals surface area contributed by atoms with Gasteiger partial charge in [-0.3, -0.25) is 8.75 Å². The van der Waals surface area contributed by atoms with E-state index in [2.05, 4.69) is 10.3 Å². The maximum absolute atomic E-state index is 12.8. The minimum atomic E-state index is -0.297. The molecule has 0 bridgehead atoms. The fraction of sp³-hybridized carbons (Fsp3) is 0.0833. The van der Waals surface area contributed by atoms with Gasteiger partial charge in [-0.25, -0.2) is 9.07 Å². The van der Waals surface area contributed by atoms with Crippen LogP contribution in [-0.4, -0.2) is 19.0 Å². The van der Waals surface area contributed by atoms with Crippen molar-refractivity contribution in [1.29, 1.82) is 0 Å². The smallest absolute Gasteiger partial charge is 0.260 e. The average Bonchev–Trinajstić information content (AvgIpc) is 3.01. The minimum Gasteiger partial charge on any atom is -0.268 e. The third-order valence-electron chi connectivity index (χ3n) is 2.58. The molecule has 96 valence electrons. The Kier molecular flexibility index (Phi) is 2.96. The normalized spacial score (nSPS) is 10.8. The monoisotopic (exact) mass is 276 g/mol. The lowest BCUT2D eigenvalue weighted by molar-refractivity contribution is 0.626. The summed E-state index contributed by atoms with van der Waals surface area (Å²) < 4.78 is 16.0. The van der Waals surface area contributed by atoms with E-state index in [-0.39, 0.29) is 11.4 Å². The highest BCUT2D eigenvalue weighted by atomic mass is 32.1. The average molecular weight is 276 g/mol. The molecule has 0 radical (unpaired) electrons. The van der Waals surface area contributed by atoms with E-state index in [4.69, 9.17) is 0 Å². The van der Waals surface area contributed by atoms with Gasteiger partial charge in [0.2, 0.25) is 0 Å². The number of rotatable bonds is 3. The number of nitrogens with zero attached hydrogens (tertiary/aromatic N) is 4. The van der Waals surface area contributed by atoms with Crippen molar-refractivity contribution in [3.63, 3.8) is 0 Å². The zero-order chi connectivity index (χ0) is 13.2. The van der Waals surface area contributed by atoms with Crippen LogP contribution in [0.3, 0.4) is 0 Å². The summed E-state index contributed by atoms with van der Waals surface area (Å²) >= 11 is 1.33. The van der Waals surface area contributed by atoms with Crippen molar-refractivity contribution in [1.82, 2.24) is 19.0 Å². The van der Waals surface area contributed by atoms with Crippen LogP contribution < -0.4 is 5.56 Å². The van der Waals surface area contributed by atoms with Crippen LogP contribution in [0.2, 0.25) is 0 Å². The van der Waals surface area contributed by atoms with Crippen molar-refractivity contribution in [2.24, 2.45) is 0 Å². The van der Waals surface area contributed by atoms with Gasteiger partial charge in [-0.05, 0) is 24.3 Å². The van der Waals surface area contributed by atoms with Crippen molar-refractivity contribution >= 4 is 11.5 Å². The van der Waals surface area contributed by atoms with E-state index in [1.165, 1.54) is 29.7 Å². The molecule has 7 heteroatoms. The molecule has 2 aromatic heterocycles. The van der Waals surface area contributed by atoms with Crippen molar-refractivity contribution in [2.45, 2.75) is 6.54 Å². The van der Waals surface area contributed by atoms with Crippen LogP contribution >= 0.6 is 11.5 Å².